The van der Waals surface area contributed by atoms with Gasteiger partial charge in [0, 0.05) is 28.0 Å². The van der Waals surface area contributed by atoms with E-state index in [1.54, 1.807) is 17.0 Å². The van der Waals surface area contributed by atoms with Crippen molar-refractivity contribution < 1.29 is 4.79 Å². The molecule has 0 aliphatic heterocycles. The Morgan fingerprint density at radius 2 is 1.81 bits per heavy atom. The topological polar surface area (TPSA) is 44.4 Å². The number of halogens is 2. The van der Waals surface area contributed by atoms with Gasteiger partial charge in [-0.25, -0.2) is 0 Å². The third-order valence-corrected chi connectivity index (χ3v) is 4.91. The Bertz CT molecular complexity index is 826. The van der Waals surface area contributed by atoms with Gasteiger partial charge in [0.05, 0.1) is 6.54 Å². The van der Waals surface area contributed by atoms with E-state index in [1.165, 1.54) is 0 Å². The molecule has 0 radical (unpaired) electrons. The van der Waals surface area contributed by atoms with Gasteiger partial charge < -0.3 is 15.5 Å². The first kappa shape index (κ1) is 20.5. The molecule has 0 saturated heterocycles. The highest BCUT2D eigenvalue weighted by Crippen LogP contribution is 2.21. The van der Waals surface area contributed by atoms with Gasteiger partial charge in [-0.05, 0) is 74.4 Å². The Morgan fingerprint density at radius 1 is 1.08 bits per heavy atom. The number of amides is 1. The lowest BCUT2D eigenvalue weighted by atomic mass is 10.2. The molecule has 0 bridgehead atoms. The Kier molecular flexibility index (Phi) is 7.26. The second kappa shape index (κ2) is 9.21. The second-order valence-corrected chi connectivity index (χ2v) is 7.15. The molecule has 7 heteroatoms. The second-order valence-electron chi connectivity index (χ2n) is 5.92. The minimum Gasteiger partial charge on any atom is -0.340 e. The van der Waals surface area contributed by atoms with Gasteiger partial charge in [0.2, 0.25) is 5.91 Å². The number of likely N-dealkylation sites (N-methyl/N-ethyl adjacent to an activating group) is 1. The third kappa shape index (κ3) is 5.59. The van der Waals surface area contributed by atoms with Crippen LogP contribution in [-0.4, -0.2) is 29.0 Å². The summed E-state index contributed by atoms with van der Waals surface area (Å²) in [5.74, 6) is -0.159. The minimum absolute atomic E-state index is 0.140. The number of rotatable bonds is 5. The van der Waals surface area contributed by atoms with Crippen LogP contribution >= 0.6 is 35.4 Å². The highest BCUT2D eigenvalue weighted by molar-refractivity contribution is 7.80. The maximum atomic E-state index is 12.4. The number of carbonyl (C=O) groups excluding carboxylic acids is 1. The molecule has 2 rings (SSSR count). The highest BCUT2D eigenvalue weighted by Gasteiger charge is 2.14. The smallest absolute Gasteiger partial charge is 0.243 e. The van der Waals surface area contributed by atoms with Gasteiger partial charge in [0.25, 0.3) is 0 Å². The summed E-state index contributed by atoms with van der Waals surface area (Å²) in [7, 11) is 0. The number of hydrogen-bond acceptors (Lipinski definition) is 2. The molecular formula is C19H21Cl2N3OS. The molecule has 0 saturated carbocycles. The summed E-state index contributed by atoms with van der Waals surface area (Å²) in [4.78, 5) is 14.2. The zero-order valence-corrected chi connectivity index (χ0v) is 17.2. The van der Waals surface area contributed by atoms with Crippen LogP contribution in [0.3, 0.4) is 0 Å². The van der Waals surface area contributed by atoms with Crippen LogP contribution in [0.4, 0.5) is 11.4 Å². The molecule has 2 aromatic rings. The van der Waals surface area contributed by atoms with Crippen molar-refractivity contribution in [3.05, 3.63) is 57.6 Å². The van der Waals surface area contributed by atoms with E-state index in [-0.39, 0.29) is 12.5 Å². The fourth-order valence-electron chi connectivity index (χ4n) is 2.34. The lowest BCUT2D eigenvalue weighted by Crippen LogP contribution is -2.40. The van der Waals surface area contributed by atoms with Crippen LogP contribution in [0, 0.1) is 13.8 Å². The predicted molar refractivity (Wildman–Crippen MR) is 114 cm³/mol. The van der Waals surface area contributed by atoms with Crippen LogP contribution in [0.25, 0.3) is 0 Å². The van der Waals surface area contributed by atoms with Crippen LogP contribution in [0.2, 0.25) is 10.0 Å². The molecule has 0 aliphatic carbocycles. The molecule has 138 valence electrons. The van der Waals surface area contributed by atoms with E-state index in [2.05, 4.69) is 10.6 Å². The Balaban J connectivity index is 2.00. The summed E-state index contributed by atoms with van der Waals surface area (Å²) in [5, 5.41) is 7.78. The first-order chi connectivity index (χ1) is 12.3. The predicted octanol–water partition coefficient (Wildman–Crippen LogP) is 5.27. The molecular weight excluding hydrogens is 389 g/mol. The molecule has 0 fully saturated rings. The van der Waals surface area contributed by atoms with Gasteiger partial charge in [0.15, 0.2) is 5.11 Å². The fraction of sp³-hybridized carbons (Fsp3) is 0.263. The van der Waals surface area contributed by atoms with Gasteiger partial charge >= 0.3 is 0 Å². The first-order valence-corrected chi connectivity index (χ1v) is 9.34. The number of thiocarbonyl (C=S) groups is 1. The van der Waals surface area contributed by atoms with Crippen molar-refractivity contribution in [3.8, 4) is 0 Å². The van der Waals surface area contributed by atoms with E-state index < -0.39 is 0 Å². The first-order valence-electron chi connectivity index (χ1n) is 8.18. The highest BCUT2D eigenvalue weighted by atomic mass is 35.5. The quantitative estimate of drug-likeness (QED) is 0.660. The number of anilines is 2. The summed E-state index contributed by atoms with van der Waals surface area (Å²) in [6.07, 6.45) is 0. The standard InChI is InChI=1S/C19H21Cl2N3OS/c1-4-24(19(26)22-15-7-8-16(21)13(3)9-15)11-18(25)23-17-10-14(20)6-5-12(17)2/h5-10H,4,11H2,1-3H3,(H,22,26)(H,23,25). The van der Waals surface area contributed by atoms with Crippen molar-refractivity contribution in [3.63, 3.8) is 0 Å². The van der Waals surface area contributed by atoms with Crippen LogP contribution < -0.4 is 10.6 Å². The van der Waals surface area contributed by atoms with E-state index >= 15 is 0 Å². The summed E-state index contributed by atoms with van der Waals surface area (Å²) >= 11 is 17.5. The van der Waals surface area contributed by atoms with Crippen molar-refractivity contribution in [1.29, 1.82) is 0 Å². The van der Waals surface area contributed by atoms with Gasteiger partial charge in [-0.1, -0.05) is 29.3 Å². The lowest BCUT2D eigenvalue weighted by Gasteiger charge is -2.24. The van der Waals surface area contributed by atoms with E-state index in [4.69, 9.17) is 35.4 Å². The molecule has 4 nitrogen and oxygen atoms in total. The Morgan fingerprint density at radius 3 is 2.46 bits per heavy atom. The van der Waals surface area contributed by atoms with Crippen molar-refractivity contribution in [2.45, 2.75) is 20.8 Å². The third-order valence-electron chi connectivity index (χ3n) is 3.89. The van der Waals surface area contributed by atoms with Crippen molar-refractivity contribution in [1.82, 2.24) is 4.90 Å². The molecule has 2 aromatic carbocycles. The number of nitrogens with one attached hydrogen (secondary N) is 2. The van der Waals surface area contributed by atoms with Gasteiger partial charge in [-0.2, -0.15) is 0 Å². The van der Waals surface area contributed by atoms with E-state index in [9.17, 15) is 4.79 Å². The summed E-state index contributed by atoms with van der Waals surface area (Å²) in [6.45, 7) is 6.52. The molecule has 0 spiro atoms. The van der Waals surface area contributed by atoms with Crippen molar-refractivity contribution in [2.75, 3.05) is 23.7 Å². The molecule has 0 heterocycles. The molecule has 0 unspecified atom stereocenters. The maximum absolute atomic E-state index is 12.4. The average molecular weight is 410 g/mol. The fourth-order valence-corrected chi connectivity index (χ4v) is 2.95. The Hall–Kier alpha value is -1.82. The SMILES string of the molecule is CCN(CC(=O)Nc1cc(Cl)ccc1C)C(=S)Nc1ccc(Cl)c(C)c1. The molecule has 2 N–H and O–H groups in total. The van der Waals surface area contributed by atoms with Crippen LogP contribution in [0.1, 0.15) is 18.1 Å². The number of carbonyl (C=O) groups is 1. The number of nitrogens with zero attached hydrogens (tertiary/aromatic N) is 1. The summed E-state index contributed by atoms with van der Waals surface area (Å²) < 4.78 is 0. The monoisotopic (exact) mass is 409 g/mol. The molecule has 0 atom stereocenters. The molecule has 1 amide bonds. The van der Waals surface area contributed by atoms with E-state index in [1.807, 2.05) is 45.0 Å². The van der Waals surface area contributed by atoms with E-state index in [0.717, 1.165) is 16.8 Å². The summed E-state index contributed by atoms with van der Waals surface area (Å²) in [6, 6.07) is 11.0. The maximum Gasteiger partial charge on any atom is 0.243 e. The van der Waals surface area contributed by atoms with Crippen LogP contribution in [0.15, 0.2) is 36.4 Å². The van der Waals surface area contributed by atoms with Crippen molar-refractivity contribution in [2.24, 2.45) is 0 Å². The van der Waals surface area contributed by atoms with E-state index in [0.29, 0.717) is 27.4 Å². The molecule has 0 aromatic heterocycles. The normalized spacial score (nSPS) is 10.3. The van der Waals surface area contributed by atoms with Crippen molar-refractivity contribution >= 4 is 57.8 Å². The zero-order valence-electron chi connectivity index (χ0n) is 14.9. The van der Waals surface area contributed by atoms with Gasteiger partial charge in [-0.15, -0.1) is 0 Å². The minimum atomic E-state index is -0.159. The van der Waals surface area contributed by atoms with Gasteiger partial charge in [0.1, 0.15) is 0 Å². The van der Waals surface area contributed by atoms with Crippen LogP contribution in [-0.2, 0) is 4.79 Å². The average Bonchev–Trinajstić information content (AvgIpc) is 2.59. The molecule has 0 aliphatic rings. The lowest BCUT2D eigenvalue weighted by molar-refractivity contribution is -0.116. The largest absolute Gasteiger partial charge is 0.340 e. The number of benzene rings is 2. The Labute approximate surface area is 169 Å². The van der Waals surface area contributed by atoms with Gasteiger partial charge in [-0.3, -0.25) is 4.79 Å². The summed E-state index contributed by atoms with van der Waals surface area (Å²) in [5.41, 5.74) is 3.44. The number of aryl methyl sites for hydroxylation is 2. The van der Waals surface area contributed by atoms with Crippen LogP contribution in [0.5, 0.6) is 0 Å². The number of hydrogen-bond donors (Lipinski definition) is 2. The zero-order chi connectivity index (χ0) is 19.3. The molecule has 26 heavy (non-hydrogen) atoms.